The fraction of sp³-hybridized carbons (Fsp3) is 0.214. The molecule has 1 aromatic carbocycles. The van der Waals surface area contributed by atoms with Crippen molar-refractivity contribution in [2.24, 2.45) is 7.05 Å². The number of carbonyl (C=O) groups is 1. The molecule has 0 radical (unpaired) electrons. The number of carbonyl (C=O) groups excluding carboxylic acids is 1. The number of benzene rings is 1. The number of aryl methyl sites for hydroxylation is 2. The molecule has 1 aromatic heterocycles. The number of halogens is 2. The van der Waals surface area contributed by atoms with Gasteiger partial charge in [-0.05, 0) is 30.7 Å². The van der Waals surface area contributed by atoms with Crippen LogP contribution >= 0.6 is 0 Å². The molecule has 0 spiro atoms. The summed E-state index contributed by atoms with van der Waals surface area (Å²) in [6.07, 6.45) is 2.57. The fourth-order valence-electron chi connectivity index (χ4n) is 1.82. The van der Waals surface area contributed by atoms with E-state index in [-0.39, 0.29) is 12.1 Å². The Labute approximate surface area is 109 Å². The summed E-state index contributed by atoms with van der Waals surface area (Å²) in [5, 5.41) is 2.26. The van der Waals surface area contributed by atoms with Crippen molar-refractivity contribution in [1.82, 2.24) is 4.57 Å². The van der Waals surface area contributed by atoms with E-state index in [2.05, 4.69) is 5.32 Å². The zero-order valence-electron chi connectivity index (χ0n) is 10.5. The maximum absolute atomic E-state index is 13.3. The molecule has 19 heavy (non-hydrogen) atoms. The minimum atomic E-state index is -0.771. The number of amides is 1. The summed E-state index contributed by atoms with van der Waals surface area (Å²) in [7, 11) is 1.88. The molecule has 1 heterocycles. The molecule has 0 bridgehead atoms. The van der Waals surface area contributed by atoms with Gasteiger partial charge in [0.1, 0.15) is 17.3 Å². The molecule has 0 unspecified atom stereocenters. The molecular formula is C14H14F2N2O. The second-order valence-electron chi connectivity index (χ2n) is 4.26. The topological polar surface area (TPSA) is 34.0 Å². The summed E-state index contributed by atoms with van der Waals surface area (Å²) in [6, 6.07) is 7.25. The third-order valence-corrected chi connectivity index (χ3v) is 2.89. The van der Waals surface area contributed by atoms with Crippen LogP contribution in [0, 0.1) is 11.6 Å². The quantitative estimate of drug-likeness (QED) is 0.905. The van der Waals surface area contributed by atoms with Crippen LogP contribution in [0.25, 0.3) is 0 Å². The molecule has 3 nitrogen and oxygen atoms in total. The van der Waals surface area contributed by atoms with Gasteiger partial charge in [-0.25, -0.2) is 8.78 Å². The van der Waals surface area contributed by atoms with Crippen molar-refractivity contribution < 1.29 is 13.6 Å². The molecule has 2 rings (SSSR count). The average molecular weight is 264 g/mol. The lowest BCUT2D eigenvalue weighted by molar-refractivity contribution is -0.116. The number of aromatic nitrogens is 1. The highest BCUT2D eigenvalue weighted by Gasteiger charge is 2.12. The Hall–Kier alpha value is -2.17. The van der Waals surface area contributed by atoms with Crippen LogP contribution < -0.4 is 5.32 Å². The normalized spacial score (nSPS) is 10.5. The first-order valence-corrected chi connectivity index (χ1v) is 5.92. The minimum absolute atomic E-state index is 0.172. The summed E-state index contributed by atoms with van der Waals surface area (Å²) < 4.78 is 28.6. The van der Waals surface area contributed by atoms with Gasteiger partial charge >= 0.3 is 0 Å². The highest BCUT2D eigenvalue weighted by Crippen LogP contribution is 2.18. The van der Waals surface area contributed by atoms with Gasteiger partial charge in [0.15, 0.2) is 0 Å². The Balaban J connectivity index is 1.97. The number of nitrogens with one attached hydrogen (secondary N) is 1. The first-order valence-electron chi connectivity index (χ1n) is 5.92. The predicted molar refractivity (Wildman–Crippen MR) is 68.7 cm³/mol. The van der Waals surface area contributed by atoms with Gasteiger partial charge in [-0.15, -0.1) is 0 Å². The van der Waals surface area contributed by atoms with Gasteiger partial charge in [-0.2, -0.15) is 0 Å². The van der Waals surface area contributed by atoms with Crippen molar-refractivity contribution in [2.75, 3.05) is 5.32 Å². The zero-order valence-corrected chi connectivity index (χ0v) is 10.5. The largest absolute Gasteiger partial charge is 0.354 e. The second kappa shape index (κ2) is 5.65. The molecule has 1 amide bonds. The molecule has 1 N–H and O–H groups in total. The summed E-state index contributed by atoms with van der Waals surface area (Å²) in [5.41, 5.74) is 0.600. The van der Waals surface area contributed by atoms with E-state index in [0.29, 0.717) is 6.42 Å². The minimum Gasteiger partial charge on any atom is -0.354 e. The van der Waals surface area contributed by atoms with Crippen LogP contribution in [0.5, 0.6) is 0 Å². The lowest BCUT2D eigenvalue weighted by Crippen LogP contribution is -2.15. The maximum atomic E-state index is 13.3. The molecule has 5 heteroatoms. The van der Waals surface area contributed by atoms with Crippen LogP contribution in [-0.2, 0) is 18.3 Å². The fourth-order valence-corrected chi connectivity index (χ4v) is 1.82. The Bertz CT molecular complexity index is 573. The third kappa shape index (κ3) is 3.19. The lowest BCUT2D eigenvalue weighted by Gasteiger charge is -2.07. The van der Waals surface area contributed by atoms with E-state index in [9.17, 15) is 13.6 Å². The summed E-state index contributed by atoms with van der Waals surface area (Å²) in [6.45, 7) is 0. The van der Waals surface area contributed by atoms with Crippen LogP contribution in [0.3, 0.4) is 0 Å². The van der Waals surface area contributed by atoms with E-state index in [1.807, 2.05) is 29.9 Å². The summed E-state index contributed by atoms with van der Waals surface area (Å²) in [4.78, 5) is 11.7. The highest BCUT2D eigenvalue weighted by atomic mass is 19.1. The number of anilines is 1. The number of rotatable bonds is 4. The molecule has 0 saturated carbocycles. The molecule has 0 saturated heterocycles. The Kier molecular flexibility index (Phi) is 3.94. The van der Waals surface area contributed by atoms with E-state index in [4.69, 9.17) is 0 Å². The number of hydrogen-bond acceptors (Lipinski definition) is 1. The van der Waals surface area contributed by atoms with E-state index in [0.717, 1.165) is 17.8 Å². The van der Waals surface area contributed by atoms with E-state index in [1.54, 1.807) is 0 Å². The monoisotopic (exact) mass is 264 g/mol. The van der Waals surface area contributed by atoms with Gasteiger partial charge < -0.3 is 9.88 Å². The van der Waals surface area contributed by atoms with Crippen molar-refractivity contribution in [3.8, 4) is 0 Å². The van der Waals surface area contributed by atoms with Gasteiger partial charge in [0.25, 0.3) is 0 Å². The molecule has 0 aliphatic rings. The Morgan fingerprint density at radius 3 is 2.47 bits per heavy atom. The van der Waals surface area contributed by atoms with Crippen LogP contribution in [0.4, 0.5) is 14.5 Å². The second-order valence-corrected chi connectivity index (χ2v) is 4.26. The standard InChI is InChI=1S/C14H14F2N2O/c1-18-9-3-4-10(18)7-8-13(19)17-14-11(15)5-2-6-12(14)16/h2-6,9H,7-8H2,1H3,(H,17,19). The van der Waals surface area contributed by atoms with E-state index in [1.165, 1.54) is 6.07 Å². The van der Waals surface area contributed by atoms with Crippen LogP contribution in [0.1, 0.15) is 12.1 Å². The molecule has 0 atom stereocenters. The summed E-state index contributed by atoms with van der Waals surface area (Å²) in [5.74, 6) is -1.95. The van der Waals surface area contributed by atoms with Crippen molar-refractivity contribution in [2.45, 2.75) is 12.8 Å². The van der Waals surface area contributed by atoms with Crippen LogP contribution in [-0.4, -0.2) is 10.5 Å². The van der Waals surface area contributed by atoms with Crippen molar-refractivity contribution >= 4 is 11.6 Å². The molecule has 0 aliphatic heterocycles. The van der Waals surface area contributed by atoms with Gasteiger partial charge in [0, 0.05) is 25.4 Å². The predicted octanol–water partition coefficient (Wildman–Crippen LogP) is 2.87. The van der Waals surface area contributed by atoms with Gasteiger partial charge in [0.05, 0.1) is 0 Å². The van der Waals surface area contributed by atoms with Crippen LogP contribution in [0.2, 0.25) is 0 Å². The third-order valence-electron chi connectivity index (χ3n) is 2.89. The lowest BCUT2D eigenvalue weighted by atomic mass is 10.2. The smallest absolute Gasteiger partial charge is 0.224 e. The van der Waals surface area contributed by atoms with Gasteiger partial charge in [0.2, 0.25) is 5.91 Å². The van der Waals surface area contributed by atoms with Gasteiger partial charge in [-0.3, -0.25) is 4.79 Å². The molecule has 100 valence electrons. The zero-order chi connectivity index (χ0) is 13.8. The van der Waals surface area contributed by atoms with E-state index >= 15 is 0 Å². The van der Waals surface area contributed by atoms with Crippen molar-refractivity contribution in [3.05, 3.63) is 53.9 Å². The van der Waals surface area contributed by atoms with Crippen LogP contribution in [0.15, 0.2) is 36.5 Å². The summed E-state index contributed by atoms with van der Waals surface area (Å²) >= 11 is 0. The van der Waals surface area contributed by atoms with Crippen molar-refractivity contribution in [1.29, 1.82) is 0 Å². The van der Waals surface area contributed by atoms with Crippen molar-refractivity contribution in [3.63, 3.8) is 0 Å². The molecule has 2 aromatic rings. The molecule has 0 fully saturated rings. The highest BCUT2D eigenvalue weighted by molar-refractivity contribution is 5.91. The number of nitrogens with zero attached hydrogens (tertiary/aromatic N) is 1. The van der Waals surface area contributed by atoms with Gasteiger partial charge in [-0.1, -0.05) is 6.07 Å². The first kappa shape index (κ1) is 13.3. The first-order chi connectivity index (χ1) is 9.08. The average Bonchev–Trinajstić information content (AvgIpc) is 2.77. The Morgan fingerprint density at radius 2 is 1.89 bits per heavy atom. The number of para-hydroxylation sites is 1. The molecular weight excluding hydrogens is 250 g/mol. The van der Waals surface area contributed by atoms with E-state index < -0.39 is 17.5 Å². The Morgan fingerprint density at radius 1 is 1.21 bits per heavy atom. The SMILES string of the molecule is Cn1cccc1CCC(=O)Nc1c(F)cccc1F. The number of hydrogen-bond donors (Lipinski definition) is 1. The molecule has 0 aliphatic carbocycles. The maximum Gasteiger partial charge on any atom is 0.224 e.